The van der Waals surface area contributed by atoms with Crippen LogP contribution in [0.4, 0.5) is 0 Å². The lowest BCUT2D eigenvalue weighted by atomic mass is 10.0. The second-order valence-electron chi connectivity index (χ2n) is 3.83. The monoisotopic (exact) mass is 224 g/mol. The van der Waals surface area contributed by atoms with E-state index in [2.05, 4.69) is 0 Å². The Labute approximate surface area is 97.0 Å². The first-order valence-corrected chi connectivity index (χ1v) is 5.56. The van der Waals surface area contributed by atoms with Gasteiger partial charge in [-0.3, -0.25) is 0 Å². The van der Waals surface area contributed by atoms with Gasteiger partial charge in [0.1, 0.15) is 5.75 Å². The van der Waals surface area contributed by atoms with Crippen LogP contribution in [0.5, 0.6) is 5.75 Å². The highest BCUT2D eigenvalue weighted by Crippen LogP contribution is 2.21. The summed E-state index contributed by atoms with van der Waals surface area (Å²) in [7, 11) is 1.64. The third-order valence-corrected chi connectivity index (χ3v) is 2.41. The summed E-state index contributed by atoms with van der Waals surface area (Å²) in [6, 6.07) is 5.96. The smallest absolute Gasteiger partial charge is 0.122 e. The van der Waals surface area contributed by atoms with Crippen LogP contribution in [0.1, 0.15) is 18.1 Å². The molecule has 1 aromatic carbocycles. The largest absolute Gasteiger partial charge is 0.496 e. The van der Waals surface area contributed by atoms with Crippen LogP contribution in [0.2, 0.25) is 0 Å². The highest BCUT2D eigenvalue weighted by molar-refractivity contribution is 5.37. The predicted molar refractivity (Wildman–Crippen MR) is 63.9 cm³/mol. The summed E-state index contributed by atoms with van der Waals surface area (Å²) in [5.41, 5.74) is 2.19. The molecule has 0 saturated heterocycles. The number of hydrogen-bond donors (Lipinski definition) is 1. The van der Waals surface area contributed by atoms with Crippen molar-refractivity contribution >= 4 is 0 Å². The molecule has 0 aliphatic rings. The van der Waals surface area contributed by atoms with E-state index in [1.165, 1.54) is 5.56 Å². The van der Waals surface area contributed by atoms with E-state index in [0.29, 0.717) is 19.6 Å². The minimum absolute atomic E-state index is 0.369. The molecular weight excluding hydrogens is 204 g/mol. The first-order chi connectivity index (χ1) is 7.67. The Balaban J connectivity index is 2.67. The van der Waals surface area contributed by atoms with Crippen LogP contribution in [0, 0.1) is 6.92 Å². The van der Waals surface area contributed by atoms with Gasteiger partial charge in [0.05, 0.1) is 19.8 Å². The van der Waals surface area contributed by atoms with E-state index in [9.17, 15) is 5.11 Å². The second-order valence-corrected chi connectivity index (χ2v) is 3.83. The average molecular weight is 224 g/mol. The second kappa shape index (κ2) is 6.51. The molecule has 1 unspecified atom stereocenters. The van der Waals surface area contributed by atoms with E-state index in [-0.39, 0.29) is 0 Å². The van der Waals surface area contributed by atoms with Crippen LogP contribution in [0.15, 0.2) is 18.2 Å². The molecule has 0 spiro atoms. The first-order valence-electron chi connectivity index (χ1n) is 5.56. The zero-order valence-electron chi connectivity index (χ0n) is 10.2. The van der Waals surface area contributed by atoms with Crippen LogP contribution < -0.4 is 4.74 Å². The number of rotatable bonds is 6. The van der Waals surface area contributed by atoms with Gasteiger partial charge in [-0.05, 0) is 25.5 Å². The van der Waals surface area contributed by atoms with Crippen LogP contribution in [0.25, 0.3) is 0 Å². The Hall–Kier alpha value is -1.06. The minimum Gasteiger partial charge on any atom is -0.496 e. The van der Waals surface area contributed by atoms with Crippen LogP contribution >= 0.6 is 0 Å². The van der Waals surface area contributed by atoms with Crippen molar-refractivity contribution in [1.82, 2.24) is 0 Å². The molecule has 90 valence electrons. The normalized spacial score (nSPS) is 12.5. The van der Waals surface area contributed by atoms with Gasteiger partial charge in [-0.15, -0.1) is 0 Å². The Morgan fingerprint density at radius 1 is 1.38 bits per heavy atom. The van der Waals surface area contributed by atoms with Gasteiger partial charge in [-0.1, -0.05) is 17.7 Å². The van der Waals surface area contributed by atoms with Crippen LogP contribution in [0.3, 0.4) is 0 Å². The topological polar surface area (TPSA) is 38.7 Å². The molecular formula is C13H20O3. The van der Waals surface area contributed by atoms with Crippen molar-refractivity contribution in [3.05, 3.63) is 29.3 Å². The lowest BCUT2D eigenvalue weighted by Crippen LogP contribution is -2.18. The zero-order chi connectivity index (χ0) is 12.0. The fraction of sp³-hybridized carbons (Fsp3) is 0.538. The van der Waals surface area contributed by atoms with E-state index in [0.717, 1.165) is 11.3 Å². The quantitative estimate of drug-likeness (QED) is 0.802. The molecule has 0 bridgehead atoms. The molecule has 0 aliphatic carbocycles. The standard InChI is InChI=1S/C13H20O3/c1-4-16-9-12(14)8-11-7-10(2)5-6-13(11)15-3/h5-7,12,14H,4,8-9H2,1-3H3. The van der Waals surface area contributed by atoms with E-state index in [1.807, 2.05) is 32.0 Å². The molecule has 0 saturated carbocycles. The van der Waals surface area contributed by atoms with E-state index in [1.54, 1.807) is 7.11 Å². The molecule has 0 aromatic heterocycles. The number of aliphatic hydroxyl groups is 1. The summed E-state index contributed by atoms with van der Waals surface area (Å²) < 4.78 is 10.4. The van der Waals surface area contributed by atoms with Gasteiger partial charge in [0.2, 0.25) is 0 Å². The first kappa shape index (κ1) is 13.0. The van der Waals surface area contributed by atoms with E-state index >= 15 is 0 Å². The summed E-state index contributed by atoms with van der Waals surface area (Å²) in [4.78, 5) is 0. The van der Waals surface area contributed by atoms with Crippen molar-refractivity contribution in [3.63, 3.8) is 0 Å². The van der Waals surface area contributed by atoms with Gasteiger partial charge in [-0.25, -0.2) is 0 Å². The fourth-order valence-electron chi connectivity index (χ4n) is 1.63. The zero-order valence-corrected chi connectivity index (χ0v) is 10.2. The molecule has 3 nitrogen and oxygen atoms in total. The summed E-state index contributed by atoms with van der Waals surface area (Å²) >= 11 is 0. The number of benzene rings is 1. The molecule has 16 heavy (non-hydrogen) atoms. The summed E-state index contributed by atoms with van der Waals surface area (Å²) in [5.74, 6) is 0.821. The molecule has 1 atom stereocenters. The van der Waals surface area contributed by atoms with Crippen molar-refractivity contribution in [2.24, 2.45) is 0 Å². The average Bonchev–Trinajstić information content (AvgIpc) is 2.27. The fourth-order valence-corrected chi connectivity index (χ4v) is 1.63. The highest BCUT2D eigenvalue weighted by Gasteiger charge is 2.10. The minimum atomic E-state index is -0.476. The van der Waals surface area contributed by atoms with Gasteiger partial charge in [0.15, 0.2) is 0 Å². The summed E-state index contributed by atoms with van der Waals surface area (Å²) in [6.45, 7) is 4.94. The molecule has 3 heteroatoms. The lowest BCUT2D eigenvalue weighted by molar-refractivity contribution is 0.0427. The summed E-state index contributed by atoms with van der Waals surface area (Å²) in [5, 5.41) is 9.76. The number of aliphatic hydroxyl groups excluding tert-OH is 1. The molecule has 0 radical (unpaired) electrons. The molecule has 0 fully saturated rings. The van der Waals surface area contributed by atoms with Crippen molar-refractivity contribution < 1.29 is 14.6 Å². The van der Waals surface area contributed by atoms with Crippen LogP contribution in [-0.4, -0.2) is 31.5 Å². The lowest BCUT2D eigenvalue weighted by Gasteiger charge is -2.13. The Morgan fingerprint density at radius 3 is 2.75 bits per heavy atom. The van der Waals surface area contributed by atoms with Crippen molar-refractivity contribution in [2.45, 2.75) is 26.4 Å². The van der Waals surface area contributed by atoms with Crippen molar-refractivity contribution in [3.8, 4) is 5.75 Å². The maximum Gasteiger partial charge on any atom is 0.122 e. The number of methoxy groups -OCH3 is 1. The highest BCUT2D eigenvalue weighted by atomic mass is 16.5. The molecule has 0 amide bonds. The maximum atomic E-state index is 9.76. The van der Waals surface area contributed by atoms with E-state index < -0.39 is 6.10 Å². The number of aryl methyl sites for hydroxylation is 1. The Bertz CT molecular complexity index is 323. The number of hydrogen-bond acceptors (Lipinski definition) is 3. The summed E-state index contributed by atoms with van der Waals surface area (Å²) in [6.07, 6.45) is 0.0841. The van der Waals surface area contributed by atoms with Crippen molar-refractivity contribution in [1.29, 1.82) is 0 Å². The molecule has 0 aliphatic heterocycles. The van der Waals surface area contributed by atoms with Crippen LogP contribution in [-0.2, 0) is 11.2 Å². The van der Waals surface area contributed by atoms with Gasteiger partial charge in [0.25, 0.3) is 0 Å². The molecule has 0 heterocycles. The van der Waals surface area contributed by atoms with Gasteiger partial charge in [-0.2, -0.15) is 0 Å². The van der Waals surface area contributed by atoms with Gasteiger partial charge in [0, 0.05) is 13.0 Å². The predicted octanol–water partition coefficient (Wildman–Crippen LogP) is 1.94. The maximum absolute atomic E-state index is 9.76. The third kappa shape index (κ3) is 3.83. The molecule has 1 rings (SSSR count). The number of ether oxygens (including phenoxy) is 2. The Kier molecular flexibility index (Phi) is 5.29. The molecule has 1 aromatic rings. The van der Waals surface area contributed by atoms with E-state index in [4.69, 9.17) is 9.47 Å². The van der Waals surface area contributed by atoms with Crippen molar-refractivity contribution in [2.75, 3.05) is 20.3 Å². The van der Waals surface area contributed by atoms with Gasteiger partial charge < -0.3 is 14.6 Å². The third-order valence-electron chi connectivity index (χ3n) is 2.41. The molecule has 1 N–H and O–H groups in total. The Morgan fingerprint density at radius 2 is 2.12 bits per heavy atom. The SMILES string of the molecule is CCOCC(O)Cc1cc(C)ccc1OC. The van der Waals surface area contributed by atoms with Gasteiger partial charge >= 0.3 is 0 Å².